The molecule has 2 saturated heterocycles. The molecule has 320 valence electrons. The number of aliphatic hydroxyl groups is 9. The highest BCUT2D eigenvalue weighted by Gasteiger charge is 2.71. The molecule has 0 spiro atoms. The van der Waals surface area contributed by atoms with Crippen LogP contribution < -0.4 is 0 Å². The van der Waals surface area contributed by atoms with E-state index in [1.54, 1.807) is 0 Å². The quantitative estimate of drug-likeness (QED) is 0.134. The minimum atomic E-state index is -1.53. The molecule has 2 heterocycles. The summed E-state index contributed by atoms with van der Waals surface area (Å²) in [5.74, 6) is 0.164. The van der Waals surface area contributed by atoms with Gasteiger partial charge in [0.2, 0.25) is 0 Å². The van der Waals surface area contributed by atoms with E-state index in [2.05, 4.69) is 40.7 Å². The third-order valence-electron chi connectivity index (χ3n) is 16.0. The summed E-state index contributed by atoms with van der Waals surface area (Å²) in [4.78, 5) is 14.8. The van der Waals surface area contributed by atoms with Crippen molar-refractivity contribution in [1.82, 2.24) is 0 Å². The number of carbonyl (C=O) groups is 1. The number of hydrogen-bond donors (Lipinski definition) is 9. The lowest BCUT2D eigenvalue weighted by atomic mass is 9.38. The van der Waals surface area contributed by atoms with Gasteiger partial charge in [0, 0.05) is 17.3 Å². The lowest BCUT2D eigenvalue weighted by molar-refractivity contribution is -0.319. The van der Waals surface area contributed by atoms with Crippen molar-refractivity contribution < 1.29 is 69.7 Å². The van der Waals surface area contributed by atoms with Gasteiger partial charge in [0.1, 0.15) is 54.6 Å². The van der Waals surface area contributed by atoms with Crippen LogP contribution in [-0.2, 0) is 23.7 Å². The summed E-state index contributed by atoms with van der Waals surface area (Å²) < 4.78 is 23.2. The molecule has 0 unspecified atom stereocenters. The number of Topliss-reactive ketones (excluding diaryl/α,β-unsaturated/α-hetero) is 1. The van der Waals surface area contributed by atoms with E-state index < -0.39 is 103 Å². The second-order valence-electron chi connectivity index (χ2n) is 19.4. The molecule has 0 aromatic heterocycles. The van der Waals surface area contributed by atoms with Gasteiger partial charge >= 0.3 is 0 Å². The second kappa shape index (κ2) is 15.9. The predicted octanol–water partition coefficient (Wildman–Crippen LogP) is 1.25. The molecule has 18 atom stereocenters. The van der Waals surface area contributed by atoms with Crippen molar-refractivity contribution in [3.05, 3.63) is 23.3 Å². The summed E-state index contributed by atoms with van der Waals surface area (Å²) in [5.41, 5.74) is -0.900. The molecule has 14 heteroatoms. The number of hydrogen-bond acceptors (Lipinski definition) is 14. The zero-order valence-corrected chi connectivity index (χ0v) is 34.1. The van der Waals surface area contributed by atoms with Gasteiger partial charge < -0.3 is 64.9 Å². The maximum absolute atomic E-state index is 14.8. The monoisotopic (exact) mass is 796 g/mol. The highest BCUT2D eigenvalue weighted by molar-refractivity contribution is 5.88. The molecule has 6 rings (SSSR count). The van der Waals surface area contributed by atoms with Crippen LogP contribution in [0, 0.1) is 39.4 Å². The SMILES string of the molecule is C/C(=C\CC[C@](C)(O)[C@@H]1CC[C@]2(C)[C@H]3CC=C4[C@@H](CC[C@@H](O[C@@H]5O[C@@H](CO)[C@@H](O)[C@@H](O)[C@@H]5O)C4(C)C)[C@]3(C)C(=O)C[C@@]12C)CO[C@H]1O[C@H](CO)[C@H](O)[C@H](O)[C@@H]1O. The molecule has 9 N–H and O–H groups in total. The van der Waals surface area contributed by atoms with Crippen LogP contribution in [0.2, 0.25) is 0 Å². The summed E-state index contributed by atoms with van der Waals surface area (Å²) in [5, 5.41) is 93.1. The van der Waals surface area contributed by atoms with Crippen LogP contribution >= 0.6 is 0 Å². The zero-order chi connectivity index (χ0) is 41.3. The second-order valence-corrected chi connectivity index (χ2v) is 19.4. The lowest BCUT2D eigenvalue weighted by Crippen LogP contribution is -2.64. The minimum absolute atomic E-state index is 0.0161. The van der Waals surface area contributed by atoms with Crippen molar-refractivity contribution in [2.45, 2.75) is 173 Å². The molecule has 2 aliphatic heterocycles. The van der Waals surface area contributed by atoms with Crippen molar-refractivity contribution in [3.8, 4) is 0 Å². The topological polar surface area (TPSA) is 236 Å². The number of carbonyl (C=O) groups excluding carboxylic acids is 1. The lowest BCUT2D eigenvalue weighted by Gasteiger charge is -2.65. The largest absolute Gasteiger partial charge is 0.394 e. The normalized spacial score (nSPS) is 49.0. The maximum Gasteiger partial charge on any atom is 0.187 e. The molecule has 0 amide bonds. The summed E-state index contributed by atoms with van der Waals surface area (Å²) in [6, 6.07) is 0. The molecule has 0 aromatic rings. The van der Waals surface area contributed by atoms with Crippen molar-refractivity contribution in [2.75, 3.05) is 19.8 Å². The average molecular weight is 797 g/mol. The van der Waals surface area contributed by atoms with E-state index in [1.807, 2.05) is 19.9 Å². The van der Waals surface area contributed by atoms with Gasteiger partial charge in [-0.1, -0.05) is 57.9 Å². The highest BCUT2D eigenvalue weighted by Crippen LogP contribution is 2.74. The molecule has 3 saturated carbocycles. The molecular weight excluding hydrogens is 728 g/mol. The Morgan fingerprint density at radius 3 is 2.05 bits per heavy atom. The van der Waals surface area contributed by atoms with E-state index >= 15 is 0 Å². The van der Waals surface area contributed by atoms with E-state index in [1.165, 1.54) is 0 Å². The van der Waals surface area contributed by atoms with Crippen LogP contribution in [0.15, 0.2) is 23.3 Å². The smallest absolute Gasteiger partial charge is 0.187 e. The van der Waals surface area contributed by atoms with Gasteiger partial charge in [-0.2, -0.15) is 0 Å². The number of rotatable bonds is 11. The fourth-order valence-electron chi connectivity index (χ4n) is 12.2. The third kappa shape index (κ3) is 7.09. The summed E-state index contributed by atoms with van der Waals surface area (Å²) in [6.45, 7) is 13.6. The molecule has 56 heavy (non-hydrogen) atoms. The van der Waals surface area contributed by atoms with Crippen LogP contribution in [0.4, 0.5) is 0 Å². The fourth-order valence-corrected chi connectivity index (χ4v) is 12.2. The highest BCUT2D eigenvalue weighted by atomic mass is 16.7. The number of aliphatic hydroxyl groups excluding tert-OH is 8. The van der Waals surface area contributed by atoms with E-state index in [-0.39, 0.29) is 35.6 Å². The van der Waals surface area contributed by atoms with Crippen molar-refractivity contribution in [2.24, 2.45) is 39.4 Å². The van der Waals surface area contributed by atoms with Crippen molar-refractivity contribution in [1.29, 1.82) is 0 Å². The van der Waals surface area contributed by atoms with E-state index in [0.717, 1.165) is 24.0 Å². The Labute approximate surface area is 330 Å². The van der Waals surface area contributed by atoms with Gasteiger partial charge in [-0.15, -0.1) is 0 Å². The van der Waals surface area contributed by atoms with E-state index in [4.69, 9.17) is 18.9 Å². The summed E-state index contributed by atoms with van der Waals surface area (Å²) >= 11 is 0. The molecule has 6 aliphatic rings. The Morgan fingerprint density at radius 1 is 0.857 bits per heavy atom. The standard InChI is InChI=1S/C42H68O14/c1-21(20-53-36-34(50)32(48)30(46)24(18-43)54-36)9-8-15-41(6,52)26-14-16-39(4)27-12-10-22-23(42(27,7)28(45)17-40(26,39)5)11-13-29(38(22,2)3)56-37-35(51)33(49)31(47)25(19-44)55-37/h9-10,23-27,29-37,43-44,46-52H,8,11-20H2,1-7H3/b21-9+/t23-,24-,25+,26-,27-,29-,30+,31-,32+,33-,34+,35+,36+,37+,39-,40+,41+,42+/m1/s1. The number of fused-ring (bicyclic) bond motifs is 5. The first-order chi connectivity index (χ1) is 26.1. The number of allylic oxidation sites excluding steroid dienone is 2. The van der Waals surface area contributed by atoms with Crippen molar-refractivity contribution in [3.63, 3.8) is 0 Å². The Bertz CT molecular complexity index is 1490. The van der Waals surface area contributed by atoms with E-state index in [9.17, 15) is 50.8 Å². The molecule has 0 radical (unpaired) electrons. The maximum atomic E-state index is 14.8. The van der Waals surface area contributed by atoms with Gasteiger partial charge in [0.15, 0.2) is 12.6 Å². The van der Waals surface area contributed by atoms with Crippen LogP contribution in [0.3, 0.4) is 0 Å². The first-order valence-corrected chi connectivity index (χ1v) is 20.6. The zero-order valence-electron chi connectivity index (χ0n) is 34.1. The molecular formula is C42H68O14. The molecule has 14 nitrogen and oxygen atoms in total. The summed E-state index contributed by atoms with van der Waals surface area (Å²) in [7, 11) is 0. The van der Waals surface area contributed by atoms with Gasteiger partial charge in [-0.3, -0.25) is 4.79 Å². The first kappa shape index (κ1) is 44.2. The molecule has 0 bridgehead atoms. The Kier molecular flexibility index (Phi) is 12.6. The molecule has 5 fully saturated rings. The van der Waals surface area contributed by atoms with Crippen LogP contribution in [-0.4, -0.2) is 145 Å². The first-order valence-electron chi connectivity index (χ1n) is 20.6. The van der Waals surface area contributed by atoms with Gasteiger partial charge in [-0.05, 0) is 87.4 Å². The average Bonchev–Trinajstić information content (AvgIpc) is 3.42. The Morgan fingerprint density at radius 2 is 1.45 bits per heavy atom. The van der Waals surface area contributed by atoms with Gasteiger partial charge in [0.25, 0.3) is 0 Å². The van der Waals surface area contributed by atoms with E-state index in [0.29, 0.717) is 38.5 Å². The van der Waals surface area contributed by atoms with Crippen LogP contribution in [0.25, 0.3) is 0 Å². The predicted molar refractivity (Wildman–Crippen MR) is 201 cm³/mol. The Balaban J connectivity index is 1.13. The van der Waals surface area contributed by atoms with Crippen LogP contribution in [0.5, 0.6) is 0 Å². The summed E-state index contributed by atoms with van der Waals surface area (Å²) in [6.07, 6.45) is -4.62. The third-order valence-corrected chi connectivity index (χ3v) is 16.0. The number of ether oxygens (including phenoxy) is 4. The van der Waals surface area contributed by atoms with Crippen molar-refractivity contribution >= 4 is 5.78 Å². The number of ketones is 1. The molecule has 0 aromatic carbocycles. The Hall–Kier alpha value is -1.37. The van der Waals surface area contributed by atoms with Gasteiger partial charge in [-0.25, -0.2) is 0 Å². The molecule has 4 aliphatic carbocycles. The van der Waals surface area contributed by atoms with Gasteiger partial charge in [0.05, 0.1) is 31.5 Å². The minimum Gasteiger partial charge on any atom is -0.394 e. The van der Waals surface area contributed by atoms with Crippen LogP contribution in [0.1, 0.15) is 99.8 Å². The fraction of sp³-hybridized carbons (Fsp3) is 0.881.